The summed E-state index contributed by atoms with van der Waals surface area (Å²) in [5.74, 6) is 1.50. The van der Waals surface area contributed by atoms with Gasteiger partial charge in [-0.2, -0.15) is 0 Å². The first-order valence-corrected chi connectivity index (χ1v) is 9.87. The molecule has 1 aromatic carbocycles. The normalized spacial score (nSPS) is 15.1. The standard InChI is InChI=1S/C22H30N4O/c1-18(2)10-11-23-22(27)20-8-9-21(24-16-20)26-14-12-25(13-15-26)17-19-6-4-3-5-7-19/h3-9,16,18H,10-15,17H2,1-2H3,(H,23,27). The zero-order valence-corrected chi connectivity index (χ0v) is 16.4. The quantitative estimate of drug-likeness (QED) is 0.818. The van der Waals surface area contributed by atoms with Crippen LogP contribution in [0.2, 0.25) is 0 Å². The van der Waals surface area contributed by atoms with Crippen molar-refractivity contribution < 1.29 is 4.79 Å². The summed E-state index contributed by atoms with van der Waals surface area (Å²) in [6.45, 7) is 9.98. The number of carbonyl (C=O) groups is 1. The van der Waals surface area contributed by atoms with Gasteiger partial charge >= 0.3 is 0 Å². The number of hydrogen-bond acceptors (Lipinski definition) is 4. The molecule has 1 saturated heterocycles. The molecule has 1 amide bonds. The summed E-state index contributed by atoms with van der Waals surface area (Å²) in [7, 11) is 0. The van der Waals surface area contributed by atoms with Gasteiger partial charge in [0.25, 0.3) is 5.91 Å². The third-order valence-corrected chi connectivity index (χ3v) is 4.96. The Labute approximate surface area is 162 Å². The average Bonchev–Trinajstić information content (AvgIpc) is 2.69. The lowest BCUT2D eigenvalue weighted by Gasteiger charge is -2.35. The fourth-order valence-electron chi connectivity index (χ4n) is 3.26. The molecule has 1 aromatic heterocycles. The van der Waals surface area contributed by atoms with Gasteiger partial charge in [-0.05, 0) is 30.0 Å². The van der Waals surface area contributed by atoms with Gasteiger partial charge in [0.05, 0.1) is 5.56 Å². The fraction of sp³-hybridized carbons (Fsp3) is 0.455. The van der Waals surface area contributed by atoms with E-state index in [9.17, 15) is 4.79 Å². The minimum Gasteiger partial charge on any atom is -0.354 e. The van der Waals surface area contributed by atoms with Gasteiger partial charge in [0.15, 0.2) is 0 Å². The molecule has 0 atom stereocenters. The van der Waals surface area contributed by atoms with Crippen LogP contribution in [0.4, 0.5) is 5.82 Å². The van der Waals surface area contributed by atoms with E-state index in [1.807, 2.05) is 12.1 Å². The molecule has 1 fully saturated rings. The number of pyridine rings is 1. The summed E-state index contributed by atoms with van der Waals surface area (Å²) in [5, 5.41) is 2.96. The summed E-state index contributed by atoms with van der Waals surface area (Å²) < 4.78 is 0. The summed E-state index contributed by atoms with van der Waals surface area (Å²) in [5.41, 5.74) is 1.99. The summed E-state index contributed by atoms with van der Waals surface area (Å²) >= 11 is 0. The number of piperazine rings is 1. The van der Waals surface area contributed by atoms with E-state index in [0.29, 0.717) is 18.0 Å². The lowest BCUT2D eigenvalue weighted by molar-refractivity contribution is 0.0951. The van der Waals surface area contributed by atoms with E-state index in [1.54, 1.807) is 6.20 Å². The van der Waals surface area contributed by atoms with Crippen LogP contribution in [0.15, 0.2) is 48.7 Å². The van der Waals surface area contributed by atoms with E-state index in [-0.39, 0.29) is 5.91 Å². The second kappa shape index (κ2) is 9.51. The largest absolute Gasteiger partial charge is 0.354 e. The van der Waals surface area contributed by atoms with Crippen LogP contribution in [0.1, 0.15) is 36.2 Å². The minimum absolute atomic E-state index is 0.0395. The fourth-order valence-corrected chi connectivity index (χ4v) is 3.26. The van der Waals surface area contributed by atoms with Crippen molar-refractivity contribution >= 4 is 11.7 Å². The maximum Gasteiger partial charge on any atom is 0.252 e. The molecule has 0 aliphatic carbocycles. The van der Waals surface area contributed by atoms with Crippen LogP contribution < -0.4 is 10.2 Å². The van der Waals surface area contributed by atoms with Crippen molar-refractivity contribution in [1.29, 1.82) is 0 Å². The lowest BCUT2D eigenvalue weighted by Crippen LogP contribution is -2.46. The topological polar surface area (TPSA) is 48.5 Å². The highest BCUT2D eigenvalue weighted by Crippen LogP contribution is 2.15. The highest BCUT2D eigenvalue weighted by atomic mass is 16.1. The third kappa shape index (κ3) is 5.79. The van der Waals surface area contributed by atoms with Crippen LogP contribution in [-0.2, 0) is 6.54 Å². The first-order chi connectivity index (χ1) is 13.1. The Morgan fingerprint density at radius 1 is 1.07 bits per heavy atom. The second-order valence-electron chi connectivity index (χ2n) is 7.59. The van der Waals surface area contributed by atoms with Crippen molar-refractivity contribution in [3.63, 3.8) is 0 Å². The molecule has 0 spiro atoms. The Hall–Kier alpha value is -2.40. The molecule has 0 saturated carbocycles. The average molecular weight is 367 g/mol. The molecule has 0 bridgehead atoms. The van der Waals surface area contributed by atoms with E-state index in [1.165, 1.54) is 5.56 Å². The van der Waals surface area contributed by atoms with Gasteiger partial charge in [-0.15, -0.1) is 0 Å². The van der Waals surface area contributed by atoms with Gasteiger partial charge in [-0.3, -0.25) is 9.69 Å². The molecular weight excluding hydrogens is 336 g/mol. The predicted octanol–water partition coefficient (Wildman–Crippen LogP) is 3.18. The van der Waals surface area contributed by atoms with E-state index in [4.69, 9.17) is 0 Å². The molecule has 3 rings (SSSR count). The molecule has 0 unspecified atom stereocenters. The summed E-state index contributed by atoms with van der Waals surface area (Å²) in [4.78, 5) is 21.4. The van der Waals surface area contributed by atoms with E-state index in [2.05, 4.69) is 64.3 Å². The SMILES string of the molecule is CC(C)CCNC(=O)c1ccc(N2CCN(Cc3ccccc3)CC2)nc1. The Bertz CT molecular complexity index is 707. The molecule has 1 aliphatic heterocycles. The molecule has 2 heterocycles. The minimum atomic E-state index is -0.0395. The Morgan fingerprint density at radius 2 is 1.81 bits per heavy atom. The zero-order valence-electron chi connectivity index (χ0n) is 16.4. The van der Waals surface area contributed by atoms with Crippen LogP contribution >= 0.6 is 0 Å². The van der Waals surface area contributed by atoms with Gasteiger partial charge in [0, 0.05) is 45.5 Å². The molecule has 1 aliphatic rings. The Morgan fingerprint density at radius 3 is 2.44 bits per heavy atom. The van der Waals surface area contributed by atoms with Crippen molar-refractivity contribution in [2.75, 3.05) is 37.6 Å². The third-order valence-electron chi connectivity index (χ3n) is 4.96. The number of amides is 1. The van der Waals surface area contributed by atoms with Crippen LogP contribution in [-0.4, -0.2) is 48.5 Å². The monoisotopic (exact) mass is 366 g/mol. The van der Waals surface area contributed by atoms with E-state index >= 15 is 0 Å². The van der Waals surface area contributed by atoms with Crippen LogP contribution in [0.25, 0.3) is 0 Å². The van der Waals surface area contributed by atoms with Crippen molar-refractivity contribution in [1.82, 2.24) is 15.2 Å². The maximum absolute atomic E-state index is 12.2. The number of rotatable bonds is 7. The van der Waals surface area contributed by atoms with Crippen molar-refractivity contribution in [3.05, 3.63) is 59.8 Å². The van der Waals surface area contributed by atoms with Crippen LogP contribution in [0, 0.1) is 5.92 Å². The van der Waals surface area contributed by atoms with Crippen LogP contribution in [0.3, 0.4) is 0 Å². The Balaban J connectivity index is 1.47. The summed E-state index contributed by atoms with van der Waals surface area (Å²) in [6.07, 6.45) is 2.68. The number of carbonyl (C=O) groups excluding carboxylic acids is 1. The number of benzene rings is 1. The van der Waals surface area contributed by atoms with E-state index in [0.717, 1.165) is 45.0 Å². The highest BCUT2D eigenvalue weighted by molar-refractivity contribution is 5.94. The molecular formula is C22H30N4O. The van der Waals surface area contributed by atoms with Crippen LogP contribution in [0.5, 0.6) is 0 Å². The van der Waals surface area contributed by atoms with Crippen molar-refractivity contribution in [2.24, 2.45) is 5.92 Å². The van der Waals surface area contributed by atoms with E-state index < -0.39 is 0 Å². The maximum atomic E-state index is 12.2. The van der Waals surface area contributed by atoms with Crippen molar-refractivity contribution in [2.45, 2.75) is 26.8 Å². The Kier molecular flexibility index (Phi) is 6.82. The number of anilines is 1. The zero-order chi connectivity index (χ0) is 19.1. The molecule has 5 nitrogen and oxygen atoms in total. The van der Waals surface area contributed by atoms with Gasteiger partial charge in [0.1, 0.15) is 5.82 Å². The molecule has 2 aromatic rings. The molecule has 1 N–H and O–H groups in total. The van der Waals surface area contributed by atoms with Crippen molar-refractivity contribution in [3.8, 4) is 0 Å². The first-order valence-electron chi connectivity index (χ1n) is 9.87. The molecule has 27 heavy (non-hydrogen) atoms. The van der Waals surface area contributed by atoms with Gasteiger partial charge in [-0.25, -0.2) is 4.98 Å². The van der Waals surface area contributed by atoms with Gasteiger partial charge < -0.3 is 10.2 Å². The van der Waals surface area contributed by atoms with Gasteiger partial charge in [-0.1, -0.05) is 44.2 Å². The second-order valence-corrected chi connectivity index (χ2v) is 7.59. The molecule has 144 valence electrons. The number of aromatic nitrogens is 1. The molecule has 5 heteroatoms. The summed E-state index contributed by atoms with van der Waals surface area (Å²) in [6, 6.07) is 14.4. The molecule has 0 radical (unpaired) electrons. The number of hydrogen-bond donors (Lipinski definition) is 1. The smallest absolute Gasteiger partial charge is 0.252 e. The lowest BCUT2D eigenvalue weighted by atomic mass is 10.1. The van der Waals surface area contributed by atoms with Gasteiger partial charge in [0.2, 0.25) is 0 Å². The number of nitrogens with one attached hydrogen (secondary N) is 1. The highest BCUT2D eigenvalue weighted by Gasteiger charge is 2.18. The predicted molar refractivity (Wildman–Crippen MR) is 110 cm³/mol. The first kappa shape index (κ1) is 19.4. The number of nitrogens with zero attached hydrogens (tertiary/aromatic N) is 3.